The minimum atomic E-state index is -4.89. The number of hydrogen-bond donors (Lipinski definition) is 4. The second-order valence-electron chi connectivity index (χ2n) is 26.9. The van der Waals surface area contributed by atoms with Crippen molar-refractivity contribution in [2.75, 3.05) is 6.61 Å². The molecule has 0 spiro atoms. The molecule has 10 rings (SSSR count). The number of imidazole rings is 1. The quantitative estimate of drug-likeness (QED) is 0.0493. The number of ether oxygens (including phenoxy) is 6. The van der Waals surface area contributed by atoms with Crippen molar-refractivity contribution in [3.63, 3.8) is 0 Å². The molecule has 0 saturated carbocycles. The van der Waals surface area contributed by atoms with Gasteiger partial charge in [0.05, 0.1) is 61.6 Å². The number of nitrogens with zero attached hydrogens (tertiary/aromatic N) is 6. The third-order valence-electron chi connectivity index (χ3n) is 18.1. The normalized spacial score (nSPS) is 32.4. The molecule has 7 N–H and O–H groups in total. The summed E-state index contributed by atoms with van der Waals surface area (Å²) in [5.74, 6) is -0.0608. The van der Waals surface area contributed by atoms with Crippen molar-refractivity contribution in [1.82, 2.24) is 38.8 Å². The molecule has 0 bridgehead atoms. The Kier molecular flexibility index (Phi) is 46.2. The first-order valence-corrected chi connectivity index (χ1v) is 40.7. The van der Waals surface area contributed by atoms with Crippen LogP contribution in [-0.2, 0) is 58.7 Å². The van der Waals surface area contributed by atoms with Crippen LogP contribution in [0.5, 0.6) is 6.01 Å². The summed E-state index contributed by atoms with van der Waals surface area (Å²) in [7, 11) is -6.45. The molecule has 6 fully saturated rings. The molecular weight excluding hydrogens is 1740 g/mol. The maximum atomic E-state index is 14.1. The van der Waals surface area contributed by atoms with Crippen molar-refractivity contribution in [3.05, 3.63) is 101 Å². The van der Waals surface area contributed by atoms with Crippen LogP contribution in [0.1, 0.15) is 157 Å². The first-order chi connectivity index (χ1) is 47.1. The number of hydrogen-bond acceptors (Lipinski definition) is 23. The van der Waals surface area contributed by atoms with E-state index in [1.165, 1.54) is 30.4 Å². The van der Waals surface area contributed by atoms with Crippen LogP contribution in [0.25, 0.3) is 0 Å². The Morgan fingerprint density at radius 3 is 1.42 bits per heavy atom. The Morgan fingerprint density at radius 2 is 1.06 bits per heavy atom. The van der Waals surface area contributed by atoms with Gasteiger partial charge in [0.25, 0.3) is 11.1 Å². The summed E-state index contributed by atoms with van der Waals surface area (Å²) < 4.78 is 155. The molecule has 25 atom stereocenters. The molecule has 29 nitrogen and oxygen atoms in total. The second-order valence-corrected chi connectivity index (χ2v) is 34.0. The fraction of sp³-hybridized carbons (Fsp3) is 0.769. The van der Waals surface area contributed by atoms with Gasteiger partial charge in [-0.25, -0.2) is 46.3 Å². The van der Waals surface area contributed by atoms with Gasteiger partial charge in [0, 0.05) is 115 Å². The number of aryl methyl sites for hydroxylation is 4. The fourth-order valence-corrected chi connectivity index (χ4v) is 14.7. The average Bonchev–Trinajstić information content (AvgIpc) is 1.67. The first-order valence-electron chi connectivity index (χ1n) is 34.0. The van der Waals surface area contributed by atoms with E-state index in [4.69, 9.17) is 46.4 Å². The van der Waals surface area contributed by atoms with E-state index in [1.807, 2.05) is 74.2 Å². The molecule has 6 aliphatic rings. The molecule has 0 amide bonds. The van der Waals surface area contributed by atoms with Crippen LogP contribution in [0.4, 0.5) is 21.4 Å². The topological polar surface area (TPSA) is 399 Å². The molecule has 1 radical (unpaired) electrons. The molecule has 6 saturated heterocycles. The standard InChI is InChI=1S/C12H17FN2O3.C11H18N2O4S.C10H13FN2O5.C9H16N2OSi.C8H15FO4S.C8H15FO.C7H12BrFO.Ac.Na.2H2O/c1-4-8-7(3)9(13)11(18-8)15-5-6(2)10(16)14-12(15)17;1-4-10-8(2)11(9(3)15-10)16-18(14)17-13-6-5-12-7-13;1-4-2-13(10(17)12-8(4)16)9-6(11)7(15)5(3-14)18-9;1-7-6-10-9(11-8(7)2)12-13(3,4)5;1-4-7-5(2)8(6(3)12-7)13-14(9,10)11;1-4-7-5(2)8(9)6(3)10-7;1-3-5-4(2)6(9)7(8)10-5;;;;/h5,7-9,11H,4H2,1-3H3,(H,14,16,17);5-11H,4H2,1-3H3;2,5-7,9,14-15H,3H2,1H3,(H,12,16,17);6H,1-5H3;5-8H,4H2,1-3H3;5-8H,4H2,1-3H3;4-7H,3H2,1-2H3;;;2*1H2/q;;;;;;;;+1;;/p-1/i13-1;;11-1;;;2*9-1;;;;. The molecule has 40 heteroatoms. The van der Waals surface area contributed by atoms with Crippen molar-refractivity contribution >= 4 is 46.1 Å². The van der Waals surface area contributed by atoms with E-state index in [0.29, 0.717) is 18.0 Å². The Bertz CT molecular complexity index is 3460. The number of aromatic amines is 2. The molecule has 25 unspecified atom stereocenters. The van der Waals surface area contributed by atoms with Crippen LogP contribution in [0.3, 0.4) is 0 Å². The molecule has 0 aromatic carbocycles. The number of aromatic nitrogens is 8. The van der Waals surface area contributed by atoms with Crippen LogP contribution in [0.2, 0.25) is 19.6 Å². The Hall–Kier alpha value is -2.34. The number of alkyl halides is 5. The van der Waals surface area contributed by atoms with E-state index in [2.05, 4.69) is 66.6 Å². The zero-order valence-corrected chi connectivity index (χ0v) is 74.7. The van der Waals surface area contributed by atoms with Gasteiger partial charge < -0.3 is 54.0 Å². The van der Waals surface area contributed by atoms with Gasteiger partial charge in [-0.15, -0.1) is 0 Å². The van der Waals surface area contributed by atoms with Gasteiger partial charge in [-0.1, -0.05) is 89.1 Å². The third kappa shape index (κ3) is 29.9. The fourth-order valence-electron chi connectivity index (χ4n) is 11.9. The van der Waals surface area contributed by atoms with Gasteiger partial charge >= 0.3 is 68.8 Å². The zero-order valence-electron chi connectivity index (χ0n) is 63.7. The number of nitrogens with one attached hydrogen (secondary N) is 2. The number of halogens is 6. The van der Waals surface area contributed by atoms with Crippen molar-refractivity contribution in [1.29, 1.82) is 0 Å². The second kappa shape index (κ2) is 47.2. The summed E-state index contributed by atoms with van der Waals surface area (Å²) >= 11 is 1.27. The minimum absolute atomic E-state index is 0. The summed E-state index contributed by atoms with van der Waals surface area (Å²) in [6, 6.07) is 0.516. The third-order valence-corrected chi connectivity index (χ3v) is 20.8. The summed E-state index contributed by atoms with van der Waals surface area (Å²) in [5, 5.41) is 18.0. The maximum Gasteiger partial charge on any atom is 1.00 e. The van der Waals surface area contributed by atoms with Crippen LogP contribution >= 0.6 is 15.9 Å². The molecule has 6 aliphatic heterocycles. The molecule has 597 valence electrons. The molecule has 10 heterocycles. The number of aliphatic hydroxyl groups excluding tert-OH is 2. The summed E-state index contributed by atoms with van der Waals surface area (Å²) in [6.45, 7) is 37.5. The van der Waals surface area contributed by atoms with Gasteiger partial charge in [-0.2, -0.15) is 17.4 Å². The van der Waals surface area contributed by atoms with Gasteiger partial charge in [-0.3, -0.25) is 37.2 Å². The van der Waals surface area contributed by atoms with E-state index in [9.17, 15) is 58.4 Å². The summed E-state index contributed by atoms with van der Waals surface area (Å²) in [4.78, 5) is 62.0. The average molecular weight is 1850 g/mol. The Labute approximate surface area is 681 Å². The smallest absolute Gasteiger partial charge is 0.870 e. The molecule has 4 aromatic heterocycles. The van der Waals surface area contributed by atoms with Gasteiger partial charge in [0.1, 0.15) is 48.1 Å². The van der Waals surface area contributed by atoms with Gasteiger partial charge in [0.2, 0.25) is 8.32 Å². The van der Waals surface area contributed by atoms with E-state index in [-0.39, 0.29) is 180 Å². The SMILES string of the molecule is CCC1OC(Br)C([18F])C1C.CCC1OC(C)C(OS(=O)(=O)F)C1C.CCC1OC(C)C(OS(=O)On2ccnc2)C1C.CCC1OC(C)C([18F])C1C.CCC1OC(n2cc(C)c(=O)[nH]c2=O)C([18F])C1C.Cc1cn(C2OC(CO)C(O)C2[18F])c(=O)[nH]c1=O.Cc1cnc(O[Si](C)(C)C)nc1C.O.[Ac].[Na+].[OH-]. The van der Waals surface area contributed by atoms with E-state index < -0.39 is 115 Å². The van der Waals surface area contributed by atoms with Crippen LogP contribution in [-0.4, -0.2) is 190 Å². The van der Waals surface area contributed by atoms with Crippen molar-refractivity contribution in [2.45, 2.75) is 285 Å². The number of rotatable bonds is 16. The number of H-pyrrole nitrogens is 2. The van der Waals surface area contributed by atoms with Crippen LogP contribution in [0.15, 0.2) is 56.5 Å². The number of aliphatic hydroxyl groups is 2. The molecule has 0 aliphatic carbocycles. The van der Waals surface area contributed by atoms with Gasteiger partial charge in [-0.05, 0) is 106 Å². The van der Waals surface area contributed by atoms with E-state index >= 15 is 0 Å². The minimum Gasteiger partial charge on any atom is -0.870 e. The van der Waals surface area contributed by atoms with Crippen molar-refractivity contribution in [2.24, 2.45) is 29.6 Å². The monoisotopic (exact) mass is 1850 g/mol. The van der Waals surface area contributed by atoms with Crippen molar-refractivity contribution < 1.29 is 174 Å². The molecule has 4 aromatic rings. The predicted molar refractivity (Wildman–Crippen MR) is 378 cm³/mol. The largest absolute Gasteiger partial charge is 1.00 e. The molecular formula is C65H109AcBrF5N8NaO21S2Si. The Morgan fingerprint density at radius 1 is 0.638 bits per heavy atom. The van der Waals surface area contributed by atoms with Crippen LogP contribution < -0.4 is 60.8 Å². The predicted octanol–water partition coefficient (Wildman–Crippen LogP) is 5.05. The first kappa shape index (κ1) is 103. The van der Waals surface area contributed by atoms with Gasteiger partial charge in [0.15, 0.2) is 24.8 Å². The van der Waals surface area contributed by atoms with Crippen LogP contribution in [0, 0.1) is 101 Å². The van der Waals surface area contributed by atoms with E-state index in [0.717, 1.165) is 52.3 Å². The molecule has 105 heavy (non-hydrogen) atoms. The van der Waals surface area contributed by atoms with E-state index in [1.54, 1.807) is 47.0 Å². The maximum absolute atomic E-state index is 14.1. The Balaban J connectivity index is 0.00000121. The van der Waals surface area contributed by atoms with Crippen molar-refractivity contribution in [3.8, 4) is 6.01 Å². The summed E-state index contributed by atoms with van der Waals surface area (Å²) in [6.07, 6.45) is 1.88. The summed E-state index contributed by atoms with van der Waals surface area (Å²) in [5.41, 5.74) is 0.177. The zero-order chi connectivity index (χ0) is 76.5.